The molecule has 106 valence electrons. The maximum absolute atomic E-state index is 5.68. The first-order valence-electron chi connectivity index (χ1n) is 6.97. The van der Waals surface area contributed by atoms with Gasteiger partial charge < -0.3 is 14.4 Å². The number of ether oxygens (including phenoxy) is 2. The van der Waals surface area contributed by atoms with Crippen molar-refractivity contribution in [2.75, 3.05) is 30.4 Å². The van der Waals surface area contributed by atoms with Gasteiger partial charge in [0.2, 0.25) is 0 Å². The van der Waals surface area contributed by atoms with E-state index in [2.05, 4.69) is 36.1 Å². The molecule has 1 unspecified atom stereocenters. The Morgan fingerprint density at radius 2 is 1.95 bits per heavy atom. The third kappa shape index (κ3) is 3.65. The van der Waals surface area contributed by atoms with Gasteiger partial charge in [0.25, 0.3) is 0 Å². The fourth-order valence-corrected chi connectivity index (χ4v) is 3.43. The molecule has 0 amide bonds. The zero-order chi connectivity index (χ0) is 13.7. The molecule has 4 heteroatoms. The lowest BCUT2D eigenvalue weighted by atomic mass is 10.2. The molecular weight excluding hydrogens is 258 g/mol. The second-order valence-electron chi connectivity index (χ2n) is 4.62. The van der Waals surface area contributed by atoms with Gasteiger partial charge in [-0.05, 0) is 32.9 Å². The smallest absolute Gasteiger partial charge is 0.174 e. The summed E-state index contributed by atoms with van der Waals surface area (Å²) in [6, 6.07) is 9.08. The molecule has 1 aromatic rings. The summed E-state index contributed by atoms with van der Waals surface area (Å²) in [5, 5.41) is 0. The lowest BCUT2D eigenvalue weighted by molar-refractivity contribution is -0.130. The molecule has 0 saturated heterocycles. The maximum atomic E-state index is 5.68. The first kappa shape index (κ1) is 14.7. The van der Waals surface area contributed by atoms with E-state index in [4.69, 9.17) is 9.47 Å². The van der Waals surface area contributed by atoms with Crippen LogP contribution >= 0.6 is 11.8 Å². The molecule has 0 aromatic heterocycles. The molecular formula is C15H23NO2S. The van der Waals surface area contributed by atoms with Gasteiger partial charge in [0.15, 0.2) is 6.29 Å². The monoisotopic (exact) mass is 281 g/mol. The molecule has 0 radical (unpaired) electrons. The van der Waals surface area contributed by atoms with Crippen LogP contribution in [-0.4, -0.2) is 37.8 Å². The summed E-state index contributed by atoms with van der Waals surface area (Å²) in [5.74, 6) is 1.11. The first-order valence-corrected chi connectivity index (χ1v) is 7.96. The summed E-state index contributed by atoms with van der Waals surface area (Å²) in [4.78, 5) is 3.76. The van der Waals surface area contributed by atoms with Crippen LogP contribution in [0.15, 0.2) is 29.2 Å². The number of thioether (sulfide) groups is 1. The molecule has 1 aliphatic heterocycles. The standard InChI is InChI=1S/C15H23NO2S/c1-4-17-15(18-5-2)10-16-12(3)11-19-14-9-7-6-8-13(14)16/h6-9,12,15H,4-5,10-11H2,1-3H3. The Morgan fingerprint density at radius 1 is 1.26 bits per heavy atom. The number of hydrogen-bond acceptors (Lipinski definition) is 4. The Bertz CT molecular complexity index is 393. The summed E-state index contributed by atoms with van der Waals surface area (Å²) < 4.78 is 11.4. The number of benzene rings is 1. The van der Waals surface area contributed by atoms with Crippen molar-refractivity contribution in [3.05, 3.63) is 24.3 Å². The highest BCUT2D eigenvalue weighted by atomic mass is 32.2. The van der Waals surface area contributed by atoms with Gasteiger partial charge >= 0.3 is 0 Å². The fraction of sp³-hybridized carbons (Fsp3) is 0.600. The summed E-state index contributed by atoms with van der Waals surface area (Å²) in [6.07, 6.45) is -0.145. The van der Waals surface area contributed by atoms with Crippen molar-refractivity contribution in [3.63, 3.8) is 0 Å². The van der Waals surface area contributed by atoms with Crippen LogP contribution < -0.4 is 4.90 Å². The third-order valence-electron chi connectivity index (χ3n) is 3.24. The Kier molecular flexibility index (Phi) is 5.55. The molecule has 0 N–H and O–H groups in total. The van der Waals surface area contributed by atoms with Gasteiger partial charge in [0.05, 0.1) is 12.2 Å². The van der Waals surface area contributed by atoms with Crippen LogP contribution in [-0.2, 0) is 9.47 Å². The highest BCUT2D eigenvalue weighted by Crippen LogP contribution is 2.37. The number of fused-ring (bicyclic) bond motifs is 1. The molecule has 0 spiro atoms. The molecule has 1 aliphatic rings. The van der Waals surface area contributed by atoms with Crippen molar-refractivity contribution in [3.8, 4) is 0 Å². The van der Waals surface area contributed by atoms with Crippen LogP contribution in [0.3, 0.4) is 0 Å². The van der Waals surface area contributed by atoms with Crippen LogP contribution in [0.5, 0.6) is 0 Å². The second-order valence-corrected chi connectivity index (χ2v) is 5.68. The Morgan fingerprint density at radius 3 is 2.63 bits per heavy atom. The third-order valence-corrected chi connectivity index (χ3v) is 4.54. The van der Waals surface area contributed by atoms with E-state index in [-0.39, 0.29) is 6.29 Å². The van der Waals surface area contributed by atoms with Crippen molar-refractivity contribution in [1.82, 2.24) is 0 Å². The fourth-order valence-electron chi connectivity index (χ4n) is 2.32. The lowest BCUT2D eigenvalue weighted by Crippen LogP contribution is -2.44. The van der Waals surface area contributed by atoms with E-state index >= 15 is 0 Å². The average Bonchev–Trinajstić information content (AvgIpc) is 2.42. The van der Waals surface area contributed by atoms with Gasteiger partial charge in [0.1, 0.15) is 0 Å². The van der Waals surface area contributed by atoms with Crippen LogP contribution in [0.4, 0.5) is 5.69 Å². The molecule has 0 bridgehead atoms. The molecule has 0 saturated carbocycles. The molecule has 1 atom stereocenters. The number of hydrogen-bond donors (Lipinski definition) is 0. The van der Waals surface area contributed by atoms with E-state index in [9.17, 15) is 0 Å². The average molecular weight is 281 g/mol. The number of nitrogens with zero attached hydrogens (tertiary/aromatic N) is 1. The van der Waals surface area contributed by atoms with Crippen LogP contribution in [0.25, 0.3) is 0 Å². The zero-order valence-electron chi connectivity index (χ0n) is 12.0. The van der Waals surface area contributed by atoms with E-state index < -0.39 is 0 Å². The van der Waals surface area contributed by atoms with E-state index in [0.29, 0.717) is 19.3 Å². The van der Waals surface area contributed by atoms with Crippen molar-refractivity contribution >= 4 is 17.4 Å². The molecule has 0 aliphatic carbocycles. The van der Waals surface area contributed by atoms with Crippen molar-refractivity contribution < 1.29 is 9.47 Å². The minimum Gasteiger partial charge on any atom is -0.362 e. The number of rotatable bonds is 6. The van der Waals surface area contributed by atoms with Crippen molar-refractivity contribution in [2.24, 2.45) is 0 Å². The van der Waals surface area contributed by atoms with E-state index in [1.54, 1.807) is 0 Å². The van der Waals surface area contributed by atoms with E-state index in [1.807, 2.05) is 25.6 Å². The van der Waals surface area contributed by atoms with Gasteiger partial charge in [-0.15, -0.1) is 11.8 Å². The first-order chi connectivity index (χ1) is 9.26. The van der Waals surface area contributed by atoms with Gasteiger partial charge in [-0.2, -0.15) is 0 Å². The van der Waals surface area contributed by atoms with E-state index in [0.717, 1.165) is 12.3 Å². The minimum absolute atomic E-state index is 0.145. The molecule has 19 heavy (non-hydrogen) atoms. The zero-order valence-corrected chi connectivity index (χ0v) is 12.8. The number of para-hydroxylation sites is 1. The molecule has 0 fully saturated rings. The predicted molar refractivity (Wildman–Crippen MR) is 81.0 cm³/mol. The Labute approximate surface area is 120 Å². The largest absolute Gasteiger partial charge is 0.362 e. The number of anilines is 1. The summed E-state index contributed by atoms with van der Waals surface area (Å²) in [7, 11) is 0. The van der Waals surface area contributed by atoms with E-state index in [1.165, 1.54) is 10.6 Å². The quantitative estimate of drug-likeness (QED) is 0.745. The second kappa shape index (κ2) is 7.17. The van der Waals surface area contributed by atoms with Gasteiger partial charge in [-0.1, -0.05) is 12.1 Å². The molecule has 1 aromatic carbocycles. The highest BCUT2D eigenvalue weighted by Gasteiger charge is 2.26. The topological polar surface area (TPSA) is 21.7 Å². The summed E-state index contributed by atoms with van der Waals surface area (Å²) >= 11 is 1.93. The van der Waals surface area contributed by atoms with Crippen molar-refractivity contribution in [2.45, 2.75) is 38.0 Å². The summed E-state index contributed by atoms with van der Waals surface area (Å²) in [6.45, 7) is 8.44. The highest BCUT2D eigenvalue weighted by molar-refractivity contribution is 7.99. The molecule has 2 rings (SSSR count). The lowest BCUT2D eigenvalue weighted by Gasteiger charge is -2.38. The predicted octanol–water partition coefficient (Wildman–Crippen LogP) is 3.39. The van der Waals surface area contributed by atoms with Crippen molar-refractivity contribution in [1.29, 1.82) is 0 Å². The van der Waals surface area contributed by atoms with Gasteiger partial charge in [0, 0.05) is 29.9 Å². The minimum atomic E-state index is -0.145. The maximum Gasteiger partial charge on any atom is 0.174 e. The normalized spacial score (nSPS) is 18.7. The van der Waals surface area contributed by atoms with Crippen LogP contribution in [0, 0.1) is 0 Å². The van der Waals surface area contributed by atoms with Crippen LogP contribution in [0.2, 0.25) is 0 Å². The van der Waals surface area contributed by atoms with Crippen LogP contribution in [0.1, 0.15) is 20.8 Å². The Hall–Kier alpha value is -0.710. The molecule has 3 nitrogen and oxygen atoms in total. The molecule has 1 heterocycles. The SMILES string of the molecule is CCOC(CN1c2ccccc2SCC1C)OCC. The Balaban J connectivity index is 2.13. The summed E-state index contributed by atoms with van der Waals surface area (Å²) in [5.41, 5.74) is 1.30. The van der Waals surface area contributed by atoms with Gasteiger partial charge in [-0.3, -0.25) is 0 Å². The van der Waals surface area contributed by atoms with Gasteiger partial charge in [-0.25, -0.2) is 0 Å².